The second-order valence-corrected chi connectivity index (χ2v) is 6.28. The summed E-state index contributed by atoms with van der Waals surface area (Å²) in [7, 11) is 0. The molecule has 0 radical (unpaired) electrons. The molecule has 2 heterocycles. The minimum Gasteiger partial charge on any atom is -0.380 e. The minimum absolute atomic E-state index is 0.0453. The molecule has 0 saturated carbocycles. The van der Waals surface area contributed by atoms with Crippen LogP contribution < -0.4 is 5.32 Å². The Hall–Kier alpha value is -1.77. The lowest BCUT2D eigenvalue weighted by Gasteiger charge is -2.39. The van der Waals surface area contributed by atoms with Gasteiger partial charge in [-0.25, -0.2) is 4.79 Å². The SMILES string of the molecule is O=C(NC1CCc2[nH]ncc2C1)N1CCC(O)(C(F)(F)F)CC1. The monoisotopic (exact) mass is 332 g/mol. The number of alkyl halides is 3. The lowest BCUT2D eigenvalue weighted by atomic mass is 9.91. The Morgan fingerprint density at radius 1 is 1.43 bits per heavy atom. The van der Waals surface area contributed by atoms with E-state index in [2.05, 4.69) is 15.5 Å². The van der Waals surface area contributed by atoms with Gasteiger partial charge in [0.25, 0.3) is 0 Å². The highest BCUT2D eigenvalue weighted by atomic mass is 19.4. The summed E-state index contributed by atoms with van der Waals surface area (Å²) in [4.78, 5) is 13.5. The maximum atomic E-state index is 12.8. The number of aromatic nitrogens is 2. The molecule has 0 bridgehead atoms. The van der Waals surface area contributed by atoms with Gasteiger partial charge in [0.2, 0.25) is 0 Å². The Kier molecular flexibility index (Phi) is 3.99. The van der Waals surface area contributed by atoms with Crippen LogP contribution >= 0.6 is 0 Å². The van der Waals surface area contributed by atoms with Crippen molar-refractivity contribution in [2.75, 3.05) is 13.1 Å². The molecule has 1 fully saturated rings. The molecule has 128 valence electrons. The van der Waals surface area contributed by atoms with Gasteiger partial charge < -0.3 is 15.3 Å². The van der Waals surface area contributed by atoms with E-state index in [0.29, 0.717) is 6.42 Å². The van der Waals surface area contributed by atoms with Gasteiger partial charge in [-0.05, 0) is 24.8 Å². The van der Waals surface area contributed by atoms with E-state index in [1.165, 1.54) is 4.90 Å². The van der Waals surface area contributed by atoms with Crippen LogP contribution in [0, 0.1) is 0 Å². The van der Waals surface area contributed by atoms with Crippen molar-refractivity contribution in [1.29, 1.82) is 0 Å². The lowest BCUT2D eigenvalue weighted by molar-refractivity contribution is -0.271. The first-order valence-corrected chi connectivity index (χ1v) is 7.64. The third kappa shape index (κ3) is 3.15. The van der Waals surface area contributed by atoms with Crippen LogP contribution in [0.2, 0.25) is 0 Å². The third-order valence-electron chi connectivity index (χ3n) is 4.75. The van der Waals surface area contributed by atoms with Crippen LogP contribution in [0.25, 0.3) is 0 Å². The molecule has 1 aliphatic carbocycles. The zero-order valence-corrected chi connectivity index (χ0v) is 12.5. The number of hydrogen-bond acceptors (Lipinski definition) is 3. The zero-order chi connectivity index (χ0) is 16.7. The number of fused-ring (bicyclic) bond motifs is 1. The van der Waals surface area contributed by atoms with Crippen LogP contribution in [-0.4, -0.2) is 57.1 Å². The zero-order valence-electron chi connectivity index (χ0n) is 12.5. The number of piperidine rings is 1. The van der Waals surface area contributed by atoms with Crippen molar-refractivity contribution in [2.24, 2.45) is 0 Å². The van der Waals surface area contributed by atoms with Crippen molar-refractivity contribution in [1.82, 2.24) is 20.4 Å². The predicted molar refractivity (Wildman–Crippen MR) is 74.7 cm³/mol. The van der Waals surface area contributed by atoms with Crippen molar-refractivity contribution in [3.63, 3.8) is 0 Å². The van der Waals surface area contributed by atoms with E-state index in [9.17, 15) is 23.1 Å². The molecule has 1 atom stereocenters. The highest BCUT2D eigenvalue weighted by Crippen LogP contribution is 2.38. The van der Waals surface area contributed by atoms with E-state index in [1.807, 2.05) is 0 Å². The average Bonchev–Trinajstić information content (AvgIpc) is 2.94. The fourth-order valence-electron chi connectivity index (χ4n) is 3.17. The van der Waals surface area contributed by atoms with Gasteiger partial charge in [0.1, 0.15) is 0 Å². The molecule has 1 unspecified atom stereocenters. The highest BCUT2D eigenvalue weighted by molar-refractivity contribution is 5.74. The molecule has 1 aromatic heterocycles. The fourth-order valence-corrected chi connectivity index (χ4v) is 3.17. The van der Waals surface area contributed by atoms with Gasteiger partial charge in [-0.2, -0.15) is 18.3 Å². The molecule has 2 aliphatic rings. The van der Waals surface area contributed by atoms with Gasteiger partial charge in [0.05, 0.1) is 6.20 Å². The summed E-state index contributed by atoms with van der Waals surface area (Å²) in [6.45, 7) is -0.211. The van der Waals surface area contributed by atoms with Crippen LogP contribution in [0.1, 0.15) is 30.5 Å². The summed E-state index contributed by atoms with van der Waals surface area (Å²) in [6, 6.07) is -0.415. The molecule has 0 spiro atoms. The number of aromatic amines is 1. The number of halogens is 3. The molecule has 23 heavy (non-hydrogen) atoms. The molecule has 1 aliphatic heterocycles. The smallest absolute Gasteiger partial charge is 0.380 e. The average molecular weight is 332 g/mol. The quantitative estimate of drug-likeness (QED) is 0.726. The first-order chi connectivity index (χ1) is 10.8. The van der Waals surface area contributed by atoms with Gasteiger partial charge in [0, 0.05) is 37.7 Å². The van der Waals surface area contributed by atoms with E-state index in [-0.39, 0.29) is 25.2 Å². The minimum atomic E-state index is -4.66. The van der Waals surface area contributed by atoms with Gasteiger partial charge in [0.15, 0.2) is 5.60 Å². The molecule has 1 saturated heterocycles. The number of nitrogens with zero attached hydrogens (tertiary/aromatic N) is 2. The molecular formula is C14H19F3N4O2. The van der Waals surface area contributed by atoms with E-state index in [4.69, 9.17) is 0 Å². The van der Waals surface area contributed by atoms with Gasteiger partial charge in [-0.15, -0.1) is 0 Å². The fraction of sp³-hybridized carbons (Fsp3) is 0.714. The summed E-state index contributed by atoms with van der Waals surface area (Å²) in [6.07, 6.45) is -1.68. The molecule has 9 heteroatoms. The van der Waals surface area contributed by atoms with E-state index < -0.39 is 24.6 Å². The van der Waals surface area contributed by atoms with Crippen molar-refractivity contribution in [2.45, 2.75) is 49.9 Å². The standard InChI is InChI=1S/C14H19F3N4O2/c15-14(16,17)13(23)3-5-21(6-4-13)12(22)19-10-1-2-11-9(7-10)8-18-20-11/h8,10,23H,1-7H2,(H,18,20)(H,19,22). The Morgan fingerprint density at radius 3 is 2.78 bits per heavy atom. The number of rotatable bonds is 1. The van der Waals surface area contributed by atoms with Crippen LogP contribution in [-0.2, 0) is 12.8 Å². The number of hydrogen-bond donors (Lipinski definition) is 3. The van der Waals surface area contributed by atoms with Gasteiger partial charge in [-0.1, -0.05) is 0 Å². The van der Waals surface area contributed by atoms with E-state index >= 15 is 0 Å². The number of nitrogens with one attached hydrogen (secondary N) is 2. The van der Waals surface area contributed by atoms with Crippen molar-refractivity contribution < 1.29 is 23.1 Å². The van der Waals surface area contributed by atoms with E-state index in [1.54, 1.807) is 6.20 Å². The number of aliphatic hydroxyl groups is 1. The number of likely N-dealkylation sites (tertiary alicyclic amines) is 1. The molecule has 2 amide bonds. The van der Waals surface area contributed by atoms with Crippen LogP contribution in [0.15, 0.2) is 6.20 Å². The normalized spacial score (nSPS) is 24.2. The topological polar surface area (TPSA) is 81.2 Å². The number of amides is 2. The summed E-state index contributed by atoms with van der Waals surface area (Å²) in [5, 5.41) is 19.4. The van der Waals surface area contributed by atoms with Gasteiger partial charge in [-0.3, -0.25) is 5.10 Å². The maximum Gasteiger partial charge on any atom is 0.417 e. The number of H-pyrrole nitrogens is 1. The second-order valence-electron chi connectivity index (χ2n) is 6.28. The largest absolute Gasteiger partial charge is 0.417 e. The molecular weight excluding hydrogens is 313 g/mol. The van der Waals surface area contributed by atoms with Crippen LogP contribution in [0.3, 0.4) is 0 Å². The Bertz CT molecular complexity index is 579. The molecule has 3 rings (SSSR count). The Balaban J connectivity index is 1.53. The molecule has 1 aromatic rings. The molecule has 0 aromatic carbocycles. The number of carbonyl (C=O) groups excluding carboxylic acids is 1. The highest BCUT2D eigenvalue weighted by Gasteiger charge is 2.54. The molecule has 6 nitrogen and oxygen atoms in total. The van der Waals surface area contributed by atoms with Crippen LogP contribution in [0.4, 0.5) is 18.0 Å². The summed E-state index contributed by atoms with van der Waals surface area (Å²) < 4.78 is 38.3. The summed E-state index contributed by atoms with van der Waals surface area (Å²) in [5.41, 5.74) is -0.546. The first kappa shape index (κ1) is 16.1. The Labute approximate surface area is 131 Å². The predicted octanol–water partition coefficient (Wildman–Crippen LogP) is 1.37. The number of urea groups is 1. The maximum absolute atomic E-state index is 12.8. The second kappa shape index (κ2) is 5.70. The van der Waals surface area contributed by atoms with Crippen molar-refractivity contribution >= 4 is 6.03 Å². The third-order valence-corrected chi connectivity index (χ3v) is 4.75. The molecule has 3 N–H and O–H groups in total. The number of aryl methyl sites for hydroxylation is 1. The van der Waals surface area contributed by atoms with Crippen LogP contribution in [0.5, 0.6) is 0 Å². The lowest BCUT2D eigenvalue weighted by Crippen LogP contribution is -2.56. The first-order valence-electron chi connectivity index (χ1n) is 7.64. The van der Waals surface area contributed by atoms with Crippen molar-refractivity contribution in [3.05, 3.63) is 17.5 Å². The number of carbonyl (C=O) groups is 1. The summed E-state index contributed by atoms with van der Waals surface area (Å²) >= 11 is 0. The summed E-state index contributed by atoms with van der Waals surface area (Å²) in [5.74, 6) is 0. The van der Waals surface area contributed by atoms with Crippen molar-refractivity contribution in [3.8, 4) is 0 Å². The van der Waals surface area contributed by atoms with E-state index in [0.717, 1.165) is 24.1 Å². The Morgan fingerprint density at radius 2 is 2.13 bits per heavy atom. The van der Waals surface area contributed by atoms with Gasteiger partial charge >= 0.3 is 12.2 Å².